The lowest BCUT2D eigenvalue weighted by molar-refractivity contribution is 0.898. The molecule has 0 aromatic heterocycles. The number of hydrogen-bond donors (Lipinski definition) is 0. The van der Waals surface area contributed by atoms with Crippen LogP contribution >= 0.6 is 0 Å². The summed E-state index contributed by atoms with van der Waals surface area (Å²) >= 11 is 0. The molecule has 0 spiro atoms. The Morgan fingerprint density at radius 2 is 2.14 bits per heavy atom. The van der Waals surface area contributed by atoms with Gasteiger partial charge in [0.05, 0.1) is 0 Å². The fraction of sp³-hybridized carbons (Fsp3) is 0.714. The van der Waals surface area contributed by atoms with Gasteiger partial charge in [-0.15, -0.1) is 0 Å². The lowest BCUT2D eigenvalue weighted by atomic mass is 10.3. The molecule has 1 fully saturated rings. The van der Waals surface area contributed by atoms with Gasteiger partial charge in [0.1, 0.15) is 0 Å². The molecule has 40 valence electrons. The summed E-state index contributed by atoms with van der Waals surface area (Å²) in [4.78, 5) is 0. The summed E-state index contributed by atoms with van der Waals surface area (Å²) in [6, 6.07) is 0. The van der Waals surface area contributed by atoms with Crippen LogP contribution in [0.5, 0.6) is 0 Å². The molecule has 0 aromatic rings. The predicted molar refractivity (Wildman–Crippen MR) is 32.1 cm³/mol. The van der Waals surface area contributed by atoms with Crippen LogP contribution in [0.1, 0.15) is 20.3 Å². The summed E-state index contributed by atoms with van der Waals surface area (Å²) in [5, 5.41) is 0. The van der Waals surface area contributed by atoms with E-state index in [1.807, 2.05) is 0 Å². The Morgan fingerprint density at radius 1 is 1.57 bits per heavy atom. The summed E-state index contributed by atoms with van der Waals surface area (Å²) in [6.07, 6.45) is 5.86. The quantitative estimate of drug-likeness (QED) is 0.439. The molecule has 0 nitrogen and oxygen atoms in total. The second-order valence-corrected chi connectivity index (χ2v) is 2.40. The van der Waals surface area contributed by atoms with Crippen molar-refractivity contribution >= 4 is 0 Å². The normalized spacial score (nSPS) is 39.7. The molecule has 2 atom stereocenters. The second-order valence-electron chi connectivity index (χ2n) is 2.40. The summed E-state index contributed by atoms with van der Waals surface area (Å²) in [6.45, 7) is 4.38. The van der Waals surface area contributed by atoms with Crippen LogP contribution in [0.25, 0.3) is 0 Å². The van der Waals surface area contributed by atoms with Crippen LogP contribution in [0, 0.1) is 11.8 Å². The van der Waals surface area contributed by atoms with Crippen molar-refractivity contribution in [3.8, 4) is 0 Å². The van der Waals surface area contributed by atoms with Gasteiger partial charge in [0.15, 0.2) is 0 Å². The molecule has 0 bridgehead atoms. The van der Waals surface area contributed by atoms with Crippen LogP contribution in [0.15, 0.2) is 12.2 Å². The van der Waals surface area contributed by atoms with Gasteiger partial charge in [-0.3, -0.25) is 0 Å². The maximum absolute atomic E-state index is 2.30. The highest BCUT2D eigenvalue weighted by Gasteiger charge is 2.28. The van der Waals surface area contributed by atoms with Gasteiger partial charge in [-0.25, -0.2) is 0 Å². The molecular weight excluding hydrogens is 84.1 g/mol. The van der Waals surface area contributed by atoms with E-state index in [2.05, 4.69) is 26.0 Å². The van der Waals surface area contributed by atoms with Crippen molar-refractivity contribution in [1.29, 1.82) is 0 Å². The number of allylic oxidation sites excluding steroid dienone is 2. The van der Waals surface area contributed by atoms with Gasteiger partial charge in [-0.1, -0.05) is 19.1 Å². The minimum atomic E-state index is 0.935. The zero-order valence-corrected chi connectivity index (χ0v) is 5.02. The molecule has 0 aromatic carbocycles. The lowest BCUT2D eigenvalue weighted by Gasteiger charge is -1.75. The Morgan fingerprint density at radius 3 is 2.29 bits per heavy atom. The van der Waals surface area contributed by atoms with E-state index in [0.29, 0.717) is 0 Å². The molecule has 2 unspecified atom stereocenters. The van der Waals surface area contributed by atoms with Crippen molar-refractivity contribution in [3.63, 3.8) is 0 Å². The maximum Gasteiger partial charge on any atom is -0.0205 e. The van der Waals surface area contributed by atoms with Crippen LogP contribution in [0.4, 0.5) is 0 Å². The molecule has 0 saturated heterocycles. The van der Waals surface area contributed by atoms with Gasteiger partial charge in [-0.2, -0.15) is 0 Å². The fourth-order valence-electron chi connectivity index (χ4n) is 0.866. The van der Waals surface area contributed by atoms with Crippen LogP contribution in [-0.4, -0.2) is 0 Å². The van der Waals surface area contributed by atoms with Crippen molar-refractivity contribution in [3.05, 3.63) is 12.2 Å². The first-order valence-electron chi connectivity index (χ1n) is 2.97. The molecule has 1 aliphatic carbocycles. The van der Waals surface area contributed by atoms with Crippen LogP contribution in [0.3, 0.4) is 0 Å². The van der Waals surface area contributed by atoms with E-state index < -0.39 is 0 Å². The monoisotopic (exact) mass is 96.1 g/mol. The zero-order valence-electron chi connectivity index (χ0n) is 5.02. The third kappa shape index (κ3) is 1.05. The van der Waals surface area contributed by atoms with Crippen molar-refractivity contribution in [2.45, 2.75) is 20.3 Å². The molecule has 0 amide bonds. The van der Waals surface area contributed by atoms with Gasteiger partial charge in [-0.05, 0) is 25.2 Å². The molecule has 7 heavy (non-hydrogen) atoms. The largest absolute Gasteiger partial charge is 0.0914 e. The highest BCUT2D eigenvalue weighted by Crippen LogP contribution is 2.38. The average molecular weight is 96.2 g/mol. The van der Waals surface area contributed by atoms with E-state index in [-0.39, 0.29) is 0 Å². The molecule has 0 heterocycles. The zero-order chi connectivity index (χ0) is 5.28. The molecular formula is C7H12. The predicted octanol–water partition coefficient (Wildman–Crippen LogP) is 2.22. The van der Waals surface area contributed by atoms with Crippen molar-refractivity contribution < 1.29 is 0 Å². The average Bonchev–Trinajstić information content (AvgIpc) is 2.22. The Labute approximate surface area is 45.2 Å². The summed E-state index contributed by atoms with van der Waals surface area (Å²) in [5.41, 5.74) is 0. The van der Waals surface area contributed by atoms with Crippen LogP contribution in [-0.2, 0) is 0 Å². The first kappa shape index (κ1) is 4.89. The Balaban J connectivity index is 2.21. The summed E-state index contributed by atoms with van der Waals surface area (Å²) < 4.78 is 0. The van der Waals surface area contributed by atoms with Crippen molar-refractivity contribution in [2.24, 2.45) is 11.8 Å². The first-order chi connectivity index (χ1) is 3.34. The Bertz CT molecular complexity index is 82.0. The minimum absolute atomic E-state index is 0.935. The van der Waals surface area contributed by atoms with E-state index in [4.69, 9.17) is 0 Å². The molecule has 0 aliphatic heterocycles. The minimum Gasteiger partial charge on any atom is -0.0914 e. The molecule has 0 heteroatoms. The molecule has 0 radical (unpaired) electrons. The molecule has 1 saturated carbocycles. The molecule has 1 rings (SSSR count). The first-order valence-corrected chi connectivity index (χ1v) is 2.97. The summed E-state index contributed by atoms with van der Waals surface area (Å²) in [5.74, 6) is 1.92. The second kappa shape index (κ2) is 1.69. The van der Waals surface area contributed by atoms with Gasteiger partial charge in [0, 0.05) is 0 Å². The molecule has 0 N–H and O–H groups in total. The smallest absolute Gasteiger partial charge is 0.0205 e. The van der Waals surface area contributed by atoms with Crippen molar-refractivity contribution in [1.82, 2.24) is 0 Å². The Kier molecular flexibility index (Phi) is 1.18. The van der Waals surface area contributed by atoms with Crippen LogP contribution in [0.2, 0.25) is 0 Å². The van der Waals surface area contributed by atoms with E-state index in [1.165, 1.54) is 6.42 Å². The number of rotatable bonds is 1. The van der Waals surface area contributed by atoms with Gasteiger partial charge >= 0.3 is 0 Å². The standard InChI is InChI=1S/C7H12/c1-3-4-7-5-6(7)2/h3-4,6-7H,5H2,1-2H3. The third-order valence-electron chi connectivity index (χ3n) is 1.61. The van der Waals surface area contributed by atoms with Gasteiger partial charge < -0.3 is 0 Å². The summed E-state index contributed by atoms with van der Waals surface area (Å²) in [7, 11) is 0. The van der Waals surface area contributed by atoms with Gasteiger partial charge in [0.25, 0.3) is 0 Å². The van der Waals surface area contributed by atoms with Gasteiger partial charge in [0.2, 0.25) is 0 Å². The highest BCUT2D eigenvalue weighted by molar-refractivity contribution is 4.98. The van der Waals surface area contributed by atoms with Crippen LogP contribution < -0.4 is 0 Å². The highest BCUT2D eigenvalue weighted by atomic mass is 14.3. The topological polar surface area (TPSA) is 0 Å². The Hall–Kier alpha value is -0.260. The van der Waals surface area contributed by atoms with E-state index in [0.717, 1.165) is 11.8 Å². The molecule has 1 aliphatic rings. The SMILES string of the molecule is CC=CC1CC1C. The lowest BCUT2D eigenvalue weighted by Crippen LogP contribution is -1.64. The number of hydrogen-bond acceptors (Lipinski definition) is 0. The maximum atomic E-state index is 2.30. The fourth-order valence-corrected chi connectivity index (χ4v) is 0.866. The van der Waals surface area contributed by atoms with E-state index >= 15 is 0 Å². The van der Waals surface area contributed by atoms with Crippen molar-refractivity contribution in [2.75, 3.05) is 0 Å². The third-order valence-corrected chi connectivity index (χ3v) is 1.61. The van der Waals surface area contributed by atoms with E-state index in [1.54, 1.807) is 0 Å². The van der Waals surface area contributed by atoms with E-state index in [9.17, 15) is 0 Å².